The van der Waals surface area contributed by atoms with E-state index in [1.165, 1.54) is 6.07 Å². The van der Waals surface area contributed by atoms with Crippen LogP contribution in [0.2, 0.25) is 0 Å². The van der Waals surface area contributed by atoms with Crippen molar-refractivity contribution in [3.8, 4) is 11.5 Å². The van der Waals surface area contributed by atoms with Gasteiger partial charge >= 0.3 is 5.63 Å². The molecule has 27 heavy (non-hydrogen) atoms. The second kappa shape index (κ2) is 5.99. The highest BCUT2D eigenvalue weighted by Gasteiger charge is 2.38. The van der Waals surface area contributed by atoms with Gasteiger partial charge in [0.1, 0.15) is 22.9 Å². The predicted octanol–water partition coefficient (Wildman–Crippen LogP) is 4.51. The molecule has 0 saturated heterocycles. The summed E-state index contributed by atoms with van der Waals surface area (Å²) in [5, 5.41) is 11.7. The lowest BCUT2D eigenvalue weighted by atomic mass is 9.86. The van der Waals surface area contributed by atoms with E-state index < -0.39 is 17.3 Å². The first-order valence-electron chi connectivity index (χ1n) is 9.33. The van der Waals surface area contributed by atoms with Gasteiger partial charge in [0, 0.05) is 12.0 Å². The van der Waals surface area contributed by atoms with Crippen LogP contribution in [0.4, 0.5) is 0 Å². The molecule has 5 heteroatoms. The van der Waals surface area contributed by atoms with E-state index >= 15 is 0 Å². The fraction of sp³-hybridized carbons (Fsp3) is 0.409. The third-order valence-corrected chi connectivity index (χ3v) is 5.29. The lowest BCUT2D eigenvalue weighted by Gasteiger charge is -2.35. The molecule has 1 aromatic heterocycles. The highest BCUT2D eigenvalue weighted by molar-refractivity contribution is 5.97. The summed E-state index contributed by atoms with van der Waals surface area (Å²) in [6.07, 6.45) is 4.61. The molecule has 2 aromatic rings. The zero-order chi connectivity index (χ0) is 19.5. The zero-order valence-corrected chi connectivity index (χ0v) is 16.1. The number of aliphatic hydroxyl groups excluding tert-OH is 1. The molecule has 2 aliphatic heterocycles. The summed E-state index contributed by atoms with van der Waals surface area (Å²) in [5.74, 6) is 1.24. The molecule has 0 spiro atoms. The fourth-order valence-corrected chi connectivity index (χ4v) is 3.80. The molecule has 2 aliphatic rings. The van der Waals surface area contributed by atoms with E-state index in [2.05, 4.69) is 13.5 Å². The summed E-state index contributed by atoms with van der Waals surface area (Å²) >= 11 is 0. The molecule has 0 saturated carbocycles. The molecule has 1 unspecified atom stereocenters. The largest absolute Gasteiger partial charge is 0.482 e. The first-order chi connectivity index (χ1) is 12.7. The first-order valence-corrected chi connectivity index (χ1v) is 9.33. The highest BCUT2D eigenvalue weighted by atomic mass is 16.5. The minimum absolute atomic E-state index is 0.316. The Labute approximate surface area is 157 Å². The average molecular weight is 368 g/mol. The maximum atomic E-state index is 12.3. The number of aryl methyl sites for hydroxylation is 1. The van der Waals surface area contributed by atoms with Crippen molar-refractivity contribution in [1.82, 2.24) is 0 Å². The summed E-state index contributed by atoms with van der Waals surface area (Å²) < 4.78 is 17.9. The van der Waals surface area contributed by atoms with Crippen molar-refractivity contribution in [2.45, 2.75) is 52.2 Å². The Morgan fingerprint density at radius 3 is 2.74 bits per heavy atom. The molecule has 0 bridgehead atoms. The van der Waals surface area contributed by atoms with Crippen molar-refractivity contribution in [2.24, 2.45) is 5.92 Å². The fourth-order valence-electron chi connectivity index (χ4n) is 3.80. The number of rotatable bonds is 2. The molecule has 0 amide bonds. The van der Waals surface area contributed by atoms with Crippen molar-refractivity contribution in [2.75, 3.05) is 0 Å². The quantitative estimate of drug-likeness (QED) is 0.790. The molecule has 3 heterocycles. The van der Waals surface area contributed by atoms with E-state index in [1.54, 1.807) is 0 Å². The Morgan fingerprint density at radius 1 is 1.30 bits per heavy atom. The number of aliphatic hydroxyl groups is 1. The van der Waals surface area contributed by atoms with Gasteiger partial charge in [-0.15, -0.1) is 0 Å². The summed E-state index contributed by atoms with van der Waals surface area (Å²) in [6.45, 7) is 11.8. The summed E-state index contributed by atoms with van der Waals surface area (Å²) in [4.78, 5) is 12.3. The maximum Gasteiger partial charge on any atom is 0.336 e. The lowest BCUT2D eigenvalue weighted by molar-refractivity contribution is 0.0944. The van der Waals surface area contributed by atoms with Gasteiger partial charge < -0.3 is 19.0 Å². The second-order valence-electron chi connectivity index (χ2n) is 7.87. The molecule has 142 valence electrons. The minimum atomic E-state index is -0.877. The third-order valence-electron chi connectivity index (χ3n) is 5.29. The van der Waals surface area contributed by atoms with Crippen LogP contribution in [-0.2, 0) is 6.42 Å². The highest BCUT2D eigenvalue weighted by Crippen LogP contribution is 2.52. The van der Waals surface area contributed by atoms with Gasteiger partial charge in [0.2, 0.25) is 0 Å². The number of fused-ring (bicyclic) bond motifs is 6. The molecule has 2 atom stereocenters. The average Bonchev–Trinajstić information content (AvgIpc) is 2.58. The second-order valence-corrected chi connectivity index (χ2v) is 7.87. The standard InChI is InChI=1S/C22H24O5/c1-6-7-13-10-15(23)26-21-16(13)20-14(8-9-22(4,5)27-20)19-17(21)18(24)11(2)12(3)25-19/h8-11,18,24H,3,6-7H2,1-2,4-5H3/t11-,18?/m1/s1. The van der Waals surface area contributed by atoms with Gasteiger partial charge in [-0.2, -0.15) is 0 Å². The van der Waals surface area contributed by atoms with Crippen LogP contribution in [0.15, 0.2) is 33.7 Å². The molecule has 4 rings (SSSR count). The number of ether oxygens (including phenoxy) is 2. The molecule has 1 aromatic carbocycles. The van der Waals surface area contributed by atoms with Gasteiger partial charge in [-0.25, -0.2) is 4.79 Å². The Kier molecular flexibility index (Phi) is 3.96. The number of hydrogen-bond donors (Lipinski definition) is 1. The molecular formula is C22H24O5. The molecule has 0 fully saturated rings. The number of hydrogen-bond acceptors (Lipinski definition) is 5. The third kappa shape index (κ3) is 2.69. The summed E-state index contributed by atoms with van der Waals surface area (Å²) in [5.41, 5.74) is 1.49. The van der Waals surface area contributed by atoms with Crippen LogP contribution in [0.5, 0.6) is 11.5 Å². The van der Waals surface area contributed by atoms with Crippen LogP contribution in [0.25, 0.3) is 17.0 Å². The van der Waals surface area contributed by atoms with Crippen LogP contribution >= 0.6 is 0 Å². The van der Waals surface area contributed by atoms with E-state index in [1.807, 2.05) is 32.9 Å². The van der Waals surface area contributed by atoms with E-state index in [-0.39, 0.29) is 5.92 Å². The van der Waals surface area contributed by atoms with Gasteiger partial charge in [0.25, 0.3) is 0 Å². The molecule has 5 nitrogen and oxygen atoms in total. The Hall–Kier alpha value is -2.53. The van der Waals surface area contributed by atoms with Crippen molar-refractivity contribution >= 4 is 17.0 Å². The Morgan fingerprint density at radius 2 is 2.04 bits per heavy atom. The smallest absolute Gasteiger partial charge is 0.336 e. The van der Waals surface area contributed by atoms with Crippen LogP contribution in [-0.4, -0.2) is 10.7 Å². The van der Waals surface area contributed by atoms with Gasteiger partial charge in [-0.05, 0) is 38.0 Å². The zero-order valence-electron chi connectivity index (χ0n) is 16.1. The topological polar surface area (TPSA) is 68.9 Å². The van der Waals surface area contributed by atoms with Crippen molar-refractivity contribution in [3.05, 3.63) is 51.6 Å². The summed E-state index contributed by atoms with van der Waals surface area (Å²) in [6, 6.07) is 1.52. The molecular weight excluding hydrogens is 344 g/mol. The van der Waals surface area contributed by atoms with Gasteiger partial charge in [0.05, 0.1) is 22.6 Å². The molecule has 1 N–H and O–H groups in total. The van der Waals surface area contributed by atoms with Crippen molar-refractivity contribution in [1.29, 1.82) is 0 Å². The number of benzene rings is 1. The normalized spacial score (nSPS) is 22.8. The van der Waals surface area contributed by atoms with Gasteiger partial charge in [-0.3, -0.25) is 0 Å². The first kappa shape index (κ1) is 17.9. The van der Waals surface area contributed by atoms with Crippen molar-refractivity contribution < 1.29 is 19.0 Å². The van der Waals surface area contributed by atoms with Gasteiger partial charge in [-0.1, -0.05) is 26.8 Å². The van der Waals surface area contributed by atoms with E-state index in [4.69, 9.17) is 13.9 Å². The van der Waals surface area contributed by atoms with Gasteiger partial charge in [0.15, 0.2) is 5.58 Å². The van der Waals surface area contributed by atoms with E-state index in [0.29, 0.717) is 34.8 Å². The molecule has 0 radical (unpaired) electrons. The summed E-state index contributed by atoms with van der Waals surface area (Å²) in [7, 11) is 0. The van der Waals surface area contributed by atoms with Crippen molar-refractivity contribution in [3.63, 3.8) is 0 Å². The SMILES string of the molecule is C=C1Oc2c3c(c4c(CCC)cc(=O)oc4c2C(O)[C@@H]1C)OC(C)(C)C=C3. The predicted molar refractivity (Wildman–Crippen MR) is 104 cm³/mol. The van der Waals surface area contributed by atoms with Crippen LogP contribution in [0.1, 0.15) is 56.9 Å². The van der Waals surface area contributed by atoms with Crippen LogP contribution in [0.3, 0.4) is 0 Å². The Balaban J connectivity index is 2.18. The van der Waals surface area contributed by atoms with Crippen LogP contribution < -0.4 is 15.1 Å². The van der Waals surface area contributed by atoms with E-state index in [9.17, 15) is 9.90 Å². The Bertz CT molecular complexity index is 1040. The van der Waals surface area contributed by atoms with Crippen LogP contribution in [0, 0.1) is 5.92 Å². The molecule has 0 aliphatic carbocycles. The van der Waals surface area contributed by atoms with E-state index in [0.717, 1.165) is 22.9 Å². The lowest BCUT2D eigenvalue weighted by Crippen LogP contribution is -2.29. The minimum Gasteiger partial charge on any atom is -0.482 e. The monoisotopic (exact) mass is 368 g/mol. The maximum absolute atomic E-state index is 12.3.